The Hall–Kier alpha value is -4.46. The van der Waals surface area contributed by atoms with Crippen LogP contribution in [-0.2, 0) is 12.8 Å². The van der Waals surface area contributed by atoms with Crippen LogP contribution in [0.1, 0.15) is 25.0 Å². The zero-order valence-electron chi connectivity index (χ0n) is 21.8. The van der Waals surface area contributed by atoms with E-state index in [2.05, 4.69) is 6.92 Å². The number of anilines is 1. The highest BCUT2D eigenvalue weighted by Crippen LogP contribution is 2.35. The van der Waals surface area contributed by atoms with E-state index in [1.165, 1.54) is 31.4 Å². The smallest absolute Gasteiger partial charge is 0.169 e. The number of hydrogen-bond acceptors (Lipinski definition) is 6. The highest BCUT2D eigenvalue weighted by Gasteiger charge is 2.11. The van der Waals surface area contributed by atoms with Crippen LogP contribution >= 0.6 is 0 Å². The van der Waals surface area contributed by atoms with Crippen molar-refractivity contribution in [2.24, 2.45) is 0 Å². The molecule has 3 N–H and O–H groups in total. The van der Waals surface area contributed by atoms with Gasteiger partial charge in [0.2, 0.25) is 0 Å². The first-order valence-electron chi connectivity index (χ1n) is 12.0. The molecule has 0 spiro atoms. The first-order valence-corrected chi connectivity index (χ1v) is 12.0. The van der Waals surface area contributed by atoms with Gasteiger partial charge in [-0.1, -0.05) is 26.0 Å². The van der Waals surface area contributed by atoms with E-state index in [9.17, 15) is 8.78 Å². The second kappa shape index (κ2) is 13.2. The van der Waals surface area contributed by atoms with E-state index in [0.29, 0.717) is 28.7 Å². The van der Waals surface area contributed by atoms with Crippen LogP contribution in [0.25, 0.3) is 0 Å². The molecule has 0 bridgehead atoms. The van der Waals surface area contributed by atoms with Gasteiger partial charge in [-0.15, -0.1) is 0 Å². The van der Waals surface area contributed by atoms with E-state index in [1.807, 2.05) is 31.2 Å². The zero-order valence-corrected chi connectivity index (χ0v) is 21.8. The molecule has 8 heteroatoms. The Morgan fingerprint density at radius 1 is 0.605 bits per heavy atom. The van der Waals surface area contributed by atoms with Gasteiger partial charge in [0.05, 0.1) is 14.2 Å². The molecular weight excluding hydrogens is 492 g/mol. The molecule has 4 aromatic carbocycles. The zero-order chi connectivity index (χ0) is 27.7. The molecule has 200 valence electrons. The summed E-state index contributed by atoms with van der Waals surface area (Å²) in [4.78, 5) is 0. The number of ether oxygens (including phenoxy) is 4. The van der Waals surface area contributed by atoms with Crippen LogP contribution in [0, 0.1) is 11.6 Å². The van der Waals surface area contributed by atoms with Gasteiger partial charge in [0.25, 0.3) is 0 Å². The Bertz CT molecular complexity index is 1270. The molecular formula is C30H31F2NO5. The summed E-state index contributed by atoms with van der Waals surface area (Å²) >= 11 is 0. The SMILES string of the molecule is CCc1ccc(Oc2ccc(N)cc2F)c(OC)c1.CCc1ccc(Oc2ccc(O)cc2F)c(OC)c1. The van der Waals surface area contributed by atoms with E-state index in [4.69, 9.17) is 29.8 Å². The normalized spacial score (nSPS) is 10.3. The van der Waals surface area contributed by atoms with Gasteiger partial charge in [0, 0.05) is 17.8 Å². The van der Waals surface area contributed by atoms with Gasteiger partial charge in [0.1, 0.15) is 5.75 Å². The molecule has 0 aromatic heterocycles. The van der Waals surface area contributed by atoms with Crippen LogP contribution in [-0.4, -0.2) is 19.3 Å². The minimum atomic E-state index is -0.623. The molecule has 6 nitrogen and oxygen atoms in total. The second-order valence-corrected chi connectivity index (χ2v) is 8.19. The van der Waals surface area contributed by atoms with Crippen molar-refractivity contribution in [2.75, 3.05) is 20.0 Å². The van der Waals surface area contributed by atoms with Crippen LogP contribution < -0.4 is 24.7 Å². The molecule has 0 saturated heterocycles. The number of hydrogen-bond donors (Lipinski definition) is 2. The number of halogens is 2. The summed E-state index contributed by atoms with van der Waals surface area (Å²) in [5, 5.41) is 9.15. The molecule has 0 heterocycles. The quantitative estimate of drug-likeness (QED) is 0.231. The van der Waals surface area contributed by atoms with Crippen molar-refractivity contribution in [3.63, 3.8) is 0 Å². The van der Waals surface area contributed by atoms with Crippen molar-refractivity contribution < 1.29 is 32.8 Å². The lowest BCUT2D eigenvalue weighted by Gasteiger charge is -2.12. The van der Waals surface area contributed by atoms with Crippen molar-refractivity contribution in [1.82, 2.24) is 0 Å². The topological polar surface area (TPSA) is 83.2 Å². The molecule has 38 heavy (non-hydrogen) atoms. The lowest BCUT2D eigenvalue weighted by Crippen LogP contribution is -1.95. The second-order valence-electron chi connectivity index (χ2n) is 8.19. The van der Waals surface area contributed by atoms with Crippen LogP contribution in [0.3, 0.4) is 0 Å². The van der Waals surface area contributed by atoms with Crippen molar-refractivity contribution in [2.45, 2.75) is 26.7 Å². The van der Waals surface area contributed by atoms with Crippen LogP contribution in [0.5, 0.6) is 40.2 Å². The third kappa shape index (κ3) is 7.29. The van der Waals surface area contributed by atoms with Crippen LogP contribution in [0.4, 0.5) is 14.5 Å². The minimum absolute atomic E-state index is 0.0420. The fourth-order valence-electron chi connectivity index (χ4n) is 3.44. The Morgan fingerprint density at radius 3 is 1.47 bits per heavy atom. The van der Waals surface area contributed by atoms with Gasteiger partial charge in [-0.3, -0.25) is 0 Å². The molecule has 0 aliphatic rings. The summed E-state index contributed by atoms with van der Waals surface area (Å²) in [6.07, 6.45) is 1.77. The fourth-order valence-corrected chi connectivity index (χ4v) is 3.44. The number of nitrogens with two attached hydrogens (primary N) is 1. The van der Waals surface area contributed by atoms with Gasteiger partial charge in [0.15, 0.2) is 46.1 Å². The maximum atomic E-state index is 13.7. The molecule has 4 rings (SSSR count). The van der Waals surface area contributed by atoms with E-state index in [1.54, 1.807) is 25.3 Å². The largest absolute Gasteiger partial charge is 0.508 e. The third-order valence-electron chi connectivity index (χ3n) is 5.58. The highest BCUT2D eigenvalue weighted by atomic mass is 19.1. The van der Waals surface area contributed by atoms with Crippen molar-refractivity contribution >= 4 is 5.69 Å². The molecule has 0 saturated carbocycles. The van der Waals surface area contributed by atoms with Gasteiger partial charge in [-0.25, -0.2) is 8.78 Å². The van der Waals surface area contributed by atoms with Gasteiger partial charge in [-0.05, 0) is 72.5 Å². The summed E-state index contributed by atoms with van der Waals surface area (Å²) < 4.78 is 48.7. The lowest BCUT2D eigenvalue weighted by atomic mass is 10.1. The van der Waals surface area contributed by atoms with E-state index in [0.717, 1.165) is 30.0 Å². The third-order valence-corrected chi connectivity index (χ3v) is 5.58. The van der Waals surface area contributed by atoms with Gasteiger partial charge >= 0.3 is 0 Å². The van der Waals surface area contributed by atoms with E-state index in [-0.39, 0.29) is 17.2 Å². The van der Waals surface area contributed by atoms with Gasteiger partial charge < -0.3 is 29.8 Å². The maximum Gasteiger partial charge on any atom is 0.169 e. The molecule has 0 aliphatic carbocycles. The number of methoxy groups -OCH3 is 2. The maximum absolute atomic E-state index is 13.7. The monoisotopic (exact) mass is 523 g/mol. The van der Waals surface area contributed by atoms with Crippen LogP contribution in [0.15, 0.2) is 72.8 Å². The Morgan fingerprint density at radius 2 is 1.05 bits per heavy atom. The Kier molecular flexibility index (Phi) is 9.76. The summed E-state index contributed by atoms with van der Waals surface area (Å²) in [6.45, 7) is 4.09. The fraction of sp³-hybridized carbons (Fsp3) is 0.200. The predicted molar refractivity (Wildman–Crippen MR) is 144 cm³/mol. The molecule has 0 unspecified atom stereocenters. The molecule has 0 amide bonds. The molecule has 0 aliphatic heterocycles. The van der Waals surface area contributed by atoms with Crippen molar-refractivity contribution in [3.05, 3.63) is 95.6 Å². The number of phenolic OH excluding ortho intramolecular Hbond substituents is 1. The average molecular weight is 524 g/mol. The van der Waals surface area contributed by atoms with Crippen molar-refractivity contribution in [1.29, 1.82) is 0 Å². The molecule has 0 atom stereocenters. The number of phenols is 1. The van der Waals surface area contributed by atoms with E-state index < -0.39 is 11.6 Å². The Labute approximate surface area is 221 Å². The minimum Gasteiger partial charge on any atom is -0.508 e. The highest BCUT2D eigenvalue weighted by molar-refractivity contribution is 5.49. The first-order chi connectivity index (χ1) is 18.3. The number of aromatic hydroxyl groups is 1. The predicted octanol–water partition coefficient (Wildman–Crippen LogP) is 7.67. The molecule has 4 aromatic rings. The molecule has 0 radical (unpaired) electrons. The first kappa shape index (κ1) is 28.1. The molecule has 0 fully saturated rings. The van der Waals surface area contributed by atoms with Gasteiger partial charge in [-0.2, -0.15) is 0 Å². The number of nitrogen functional groups attached to an aromatic ring is 1. The summed E-state index contributed by atoms with van der Waals surface area (Å²) in [5.74, 6) is 0.938. The summed E-state index contributed by atoms with van der Waals surface area (Å²) in [6, 6.07) is 19.1. The lowest BCUT2D eigenvalue weighted by molar-refractivity contribution is 0.369. The summed E-state index contributed by atoms with van der Waals surface area (Å²) in [5.41, 5.74) is 8.09. The van der Waals surface area contributed by atoms with Crippen molar-refractivity contribution in [3.8, 4) is 40.2 Å². The summed E-state index contributed by atoms with van der Waals surface area (Å²) in [7, 11) is 3.09. The number of rotatable bonds is 8. The average Bonchev–Trinajstić information content (AvgIpc) is 2.92. The van der Waals surface area contributed by atoms with Crippen LogP contribution in [0.2, 0.25) is 0 Å². The Balaban J connectivity index is 0.000000211. The standard InChI is InChI=1S/C15H16FNO2.C15H15FO3/c2*1-3-10-4-6-14(15(8-10)18-2)19-13-7-5-11(17)9-12(13)16/h4-9H,3,17H2,1-2H3;4-9,17H,3H2,1-2H3. The number of benzene rings is 4. The number of aryl methyl sites for hydroxylation is 2. The van der Waals surface area contributed by atoms with E-state index >= 15 is 0 Å².